The van der Waals surface area contributed by atoms with Gasteiger partial charge in [-0.3, -0.25) is 0 Å². The van der Waals surface area contributed by atoms with Crippen molar-refractivity contribution in [1.29, 1.82) is 0 Å². The van der Waals surface area contributed by atoms with Crippen molar-refractivity contribution >= 4 is 11.5 Å². The summed E-state index contributed by atoms with van der Waals surface area (Å²) in [6.45, 7) is 5.80. The highest BCUT2D eigenvalue weighted by molar-refractivity contribution is 6.15. The Balaban J connectivity index is 2.36. The molecule has 2 aromatic rings. The second-order valence-corrected chi connectivity index (χ2v) is 5.79. The Morgan fingerprint density at radius 1 is 1.26 bits per heavy atom. The molecule has 0 amide bonds. The monoisotopic (exact) mass is 318 g/mol. The van der Waals surface area contributed by atoms with Gasteiger partial charge in [0.15, 0.2) is 0 Å². The molecule has 7 heteroatoms. The van der Waals surface area contributed by atoms with Crippen molar-refractivity contribution in [2.45, 2.75) is 26.2 Å². The number of hydrogen-bond donors (Lipinski definition) is 1. The number of benzene rings is 1. The summed E-state index contributed by atoms with van der Waals surface area (Å²) in [7, 11) is 1.38. The van der Waals surface area contributed by atoms with E-state index in [-0.39, 0.29) is 22.8 Å². The first-order chi connectivity index (χ1) is 10.8. The maximum atomic E-state index is 11.4. The molecule has 0 spiro atoms. The summed E-state index contributed by atoms with van der Waals surface area (Å²) in [5.41, 5.74) is -0.00735. The van der Waals surface area contributed by atoms with Crippen LogP contribution in [-0.2, 0) is 14.9 Å². The van der Waals surface area contributed by atoms with Crippen LogP contribution >= 0.6 is 0 Å². The number of nitrogens with zero attached hydrogens (tertiary/aromatic N) is 2. The molecule has 0 fully saturated rings. The molecule has 0 aliphatic rings. The van der Waals surface area contributed by atoms with E-state index in [1.54, 1.807) is 24.3 Å². The lowest BCUT2D eigenvalue weighted by molar-refractivity contribution is -0.130. The Morgan fingerprint density at radius 3 is 2.52 bits per heavy atom. The summed E-state index contributed by atoms with van der Waals surface area (Å²) in [6.07, 6.45) is 1.09. The van der Waals surface area contributed by atoms with E-state index < -0.39 is 5.97 Å². The van der Waals surface area contributed by atoms with Crippen LogP contribution < -0.4 is 4.74 Å². The first kappa shape index (κ1) is 16.5. The molecule has 1 aromatic carbocycles. The molecule has 0 aliphatic carbocycles. The summed E-state index contributed by atoms with van der Waals surface area (Å²) < 4.78 is 15.9. The van der Waals surface area contributed by atoms with Gasteiger partial charge in [0.05, 0.1) is 13.4 Å². The first-order valence-electron chi connectivity index (χ1n) is 6.90. The Morgan fingerprint density at radius 2 is 1.96 bits per heavy atom. The minimum Gasteiger partial charge on any atom is -0.503 e. The number of ether oxygens (including phenoxy) is 2. The maximum absolute atomic E-state index is 11.4. The number of aliphatic carboxylic acids is 1. The van der Waals surface area contributed by atoms with E-state index >= 15 is 0 Å². The van der Waals surface area contributed by atoms with Gasteiger partial charge >= 0.3 is 12.0 Å². The van der Waals surface area contributed by atoms with Gasteiger partial charge in [-0.15, -0.1) is 5.10 Å². The fourth-order valence-electron chi connectivity index (χ4n) is 1.77. The van der Waals surface area contributed by atoms with E-state index in [2.05, 4.69) is 10.2 Å². The summed E-state index contributed by atoms with van der Waals surface area (Å²) >= 11 is 0. The van der Waals surface area contributed by atoms with Gasteiger partial charge in [-0.2, -0.15) is 0 Å². The topological polar surface area (TPSA) is 94.7 Å². The molecule has 1 aromatic heterocycles. The largest absolute Gasteiger partial charge is 0.503 e. The molecule has 23 heavy (non-hydrogen) atoms. The van der Waals surface area contributed by atoms with Gasteiger partial charge < -0.3 is 19.0 Å². The van der Waals surface area contributed by atoms with Gasteiger partial charge in [-0.25, -0.2) is 4.79 Å². The van der Waals surface area contributed by atoms with Gasteiger partial charge in [0.1, 0.15) is 11.3 Å². The van der Waals surface area contributed by atoms with Crippen molar-refractivity contribution in [3.63, 3.8) is 0 Å². The number of carboxylic acid groups (broad SMARTS) is 1. The number of carboxylic acids is 1. The molecular weight excluding hydrogens is 300 g/mol. The standard InChI is InChI=1S/C16H18N2O5/c1-16(2,3)14-17-18-15(23-14)22-12-8-6-5-7-10(12)11(9-21-4)13(19)20/h5-9H,1-4H3,(H,19,20)/b11-9+. The van der Waals surface area contributed by atoms with Crippen molar-refractivity contribution in [1.82, 2.24) is 10.2 Å². The van der Waals surface area contributed by atoms with Gasteiger partial charge in [-0.1, -0.05) is 44.1 Å². The van der Waals surface area contributed by atoms with Crippen LogP contribution in [0.4, 0.5) is 0 Å². The van der Waals surface area contributed by atoms with Crippen molar-refractivity contribution < 1.29 is 23.8 Å². The van der Waals surface area contributed by atoms with Crippen LogP contribution in [-0.4, -0.2) is 28.4 Å². The zero-order valence-corrected chi connectivity index (χ0v) is 13.4. The van der Waals surface area contributed by atoms with Crippen LogP contribution in [0.15, 0.2) is 34.9 Å². The molecular formula is C16H18N2O5. The quantitative estimate of drug-likeness (QED) is 0.668. The minimum absolute atomic E-state index is 0.0429. The third kappa shape index (κ3) is 3.88. The Hall–Kier alpha value is -2.83. The number of hydrogen-bond acceptors (Lipinski definition) is 6. The van der Waals surface area contributed by atoms with Crippen molar-refractivity contribution in [2.75, 3.05) is 7.11 Å². The van der Waals surface area contributed by atoms with E-state index in [0.29, 0.717) is 11.5 Å². The third-order valence-corrected chi connectivity index (χ3v) is 2.89. The lowest BCUT2D eigenvalue weighted by Gasteiger charge is -2.11. The van der Waals surface area contributed by atoms with E-state index in [0.717, 1.165) is 6.26 Å². The summed E-state index contributed by atoms with van der Waals surface area (Å²) in [5.74, 6) is -0.429. The number of aromatic nitrogens is 2. The number of rotatable bonds is 5. The normalized spacial score (nSPS) is 12.1. The van der Waals surface area contributed by atoms with E-state index in [1.165, 1.54) is 7.11 Å². The minimum atomic E-state index is -1.14. The van der Waals surface area contributed by atoms with Crippen molar-refractivity contribution in [3.8, 4) is 11.8 Å². The fourth-order valence-corrected chi connectivity index (χ4v) is 1.77. The molecule has 0 aliphatic heterocycles. The molecule has 0 radical (unpaired) electrons. The molecule has 0 unspecified atom stereocenters. The van der Waals surface area contributed by atoms with E-state index in [9.17, 15) is 9.90 Å². The molecule has 1 heterocycles. The van der Waals surface area contributed by atoms with Crippen LogP contribution in [0.3, 0.4) is 0 Å². The predicted octanol–water partition coefficient (Wildman–Crippen LogP) is 3.23. The first-order valence-corrected chi connectivity index (χ1v) is 6.90. The van der Waals surface area contributed by atoms with E-state index in [1.807, 2.05) is 20.8 Å². The highest BCUT2D eigenvalue weighted by atomic mass is 16.6. The van der Waals surface area contributed by atoms with E-state index in [4.69, 9.17) is 13.9 Å². The molecule has 7 nitrogen and oxygen atoms in total. The number of carbonyl (C=O) groups is 1. The van der Waals surface area contributed by atoms with Gasteiger partial charge in [0.2, 0.25) is 5.89 Å². The second-order valence-electron chi connectivity index (χ2n) is 5.79. The second kappa shape index (κ2) is 6.51. The molecule has 2 rings (SSSR count). The Labute approximate surface area is 133 Å². The molecule has 1 N–H and O–H groups in total. The van der Waals surface area contributed by atoms with Crippen LogP contribution in [0.1, 0.15) is 32.2 Å². The van der Waals surface area contributed by atoms with Gasteiger partial charge in [-0.05, 0) is 6.07 Å². The number of para-hydroxylation sites is 1. The summed E-state index contributed by atoms with van der Waals surface area (Å²) in [5, 5.41) is 17.1. The molecule has 122 valence electrons. The Kier molecular flexibility index (Phi) is 4.68. The van der Waals surface area contributed by atoms with Crippen LogP contribution in [0.5, 0.6) is 11.8 Å². The molecule has 0 saturated carbocycles. The van der Waals surface area contributed by atoms with Crippen LogP contribution in [0.25, 0.3) is 5.57 Å². The SMILES string of the molecule is CO/C=C(/C(=O)O)c1ccccc1Oc1nnc(C(C)(C)C)o1. The highest BCUT2D eigenvalue weighted by Gasteiger charge is 2.23. The highest BCUT2D eigenvalue weighted by Crippen LogP contribution is 2.31. The number of methoxy groups -OCH3 is 1. The summed E-state index contributed by atoms with van der Waals surface area (Å²) in [4.78, 5) is 11.4. The van der Waals surface area contributed by atoms with Crippen molar-refractivity contribution in [2.24, 2.45) is 0 Å². The zero-order chi connectivity index (χ0) is 17.0. The Bertz CT molecular complexity index is 728. The average Bonchev–Trinajstić information content (AvgIpc) is 2.94. The van der Waals surface area contributed by atoms with Crippen LogP contribution in [0.2, 0.25) is 0 Å². The fraction of sp³-hybridized carbons (Fsp3) is 0.312. The summed E-state index contributed by atoms with van der Waals surface area (Å²) in [6, 6.07) is 6.63. The molecule has 0 atom stereocenters. The van der Waals surface area contributed by atoms with Crippen LogP contribution in [0, 0.1) is 0 Å². The van der Waals surface area contributed by atoms with Gasteiger partial charge in [0, 0.05) is 11.0 Å². The van der Waals surface area contributed by atoms with Crippen molar-refractivity contribution in [3.05, 3.63) is 42.0 Å². The molecule has 0 bridgehead atoms. The zero-order valence-electron chi connectivity index (χ0n) is 13.4. The predicted molar refractivity (Wildman–Crippen MR) is 82.1 cm³/mol. The third-order valence-electron chi connectivity index (χ3n) is 2.89. The maximum Gasteiger partial charge on any atom is 0.420 e. The smallest absolute Gasteiger partial charge is 0.420 e. The van der Waals surface area contributed by atoms with Gasteiger partial charge in [0.25, 0.3) is 0 Å². The lowest BCUT2D eigenvalue weighted by atomic mass is 9.97. The molecule has 0 saturated heterocycles. The lowest BCUT2D eigenvalue weighted by Crippen LogP contribution is -2.11. The average molecular weight is 318 g/mol.